The van der Waals surface area contributed by atoms with Gasteiger partial charge in [0.2, 0.25) is 0 Å². The third-order valence-corrected chi connectivity index (χ3v) is 4.33. The van der Waals surface area contributed by atoms with E-state index in [4.69, 9.17) is 0 Å². The fourth-order valence-electron chi connectivity index (χ4n) is 2.06. The smallest absolute Gasteiger partial charge is 0.0610 e. The van der Waals surface area contributed by atoms with Gasteiger partial charge in [0.15, 0.2) is 0 Å². The van der Waals surface area contributed by atoms with Gasteiger partial charge >= 0.3 is 0 Å². The first-order valence-corrected chi connectivity index (χ1v) is 7.96. The molecule has 0 saturated heterocycles. The molecule has 1 aromatic rings. The molecule has 104 valence electrons. The molecular formula is C15H27NOS. The zero-order valence-electron chi connectivity index (χ0n) is 11.7. The van der Waals surface area contributed by atoms with E-state index in [1.165, 1.54) is 37.0 Å². The number of aliphatic hydroxyl groups is 1. The van der Waals surface area contributed by atoms with Crippen molar-refractivity contribution in [2.24, 2.45) is 0 Å². The van der Waals surface area contributed by atoms with Crippen LogP contribution in [0, 0.1) is 0 Å². The molecule has 1 aromatic heterocycles. The van der Waals surface area contributed by atoms with E-state index >= 15 is 0 Å². The molecule has 0 amide bonds. The molecule has 2 N–H and O–H groups in total. The molecule has 0 aliphatic carbocycles. The van der Waals surface area contributed by atoms with E-state index in [9.17, 15) is 5.11 Å². The Morgan fingerprint density at radius 3 is 2.67 bits per heavy atom. The minimum atomic E-state index is -0.129. The van der Waals surface area contributed by atoms with E-state index in [0.29, 0.717) is 0 Å². The van der Waals surface area contributed by atoms with Crippen LogP contribution >= 0.6 is 11.3 Å². The summed E-state index contributed by atoms with van der Waals surface area (Å²) in [6, 6.07) is 4.21. The molecule has 0 aromatic carbocycles. The normalized spacial score (nSPS) is 14.6. The van der Waals surface area contributed by atoms with Gasteiger partial charge in [-0.05, 0) is 24.8 Å². The highest BCUT2D eigenvalue weighted by Gasteiger charge is 2.21. The molecule has 1 rings (SSSR count). The highest BCUT2D eigenvalue weighted by Crippen LogP contribution is 2.17. The predicted molar refractivity (Wildman–Crippen MR) is 80.0 cm³/mol. The van der Waals surface area contributed by atoms with Crippen molar-refractivity contribution >= 4 is 11.3 Å². The van der Waals surface area contributed by atoms with Gasteiger partial charge in [0.25, 0.3) is 0 Å². The molecule has 2 nitrogen and oxygen atoms in total. The number of thiophene rings is 1. The number of unbranched alkanes of at least 4 members (excludes halogenated alkanes) is 4. The average molecular weight is 269 g/mol. The van der Waals surface area contributed by atoms with Gasteiger partial charge < -0.3 is 10.4 Å². The standard InChI is InChI=1S/C15H27NOS/c1-3-4-5-6-7-10-15(2,13-17)16-12-14-9-8-11-18-14/h8-9,11,16-17H,3-7,10,12-13H2,1-2H3. The largest absolute Gasteiger partial charge is 0.394 e. The molecule has 0 aliphatic heterocycles. The number of rotatable bonds is 10. The van der Waals surface area contributed by atoms with Crippen LogP contribution in [0.3, 0.4) is 0 Å². The summed E-state index contributed by atoms with van der Waals surface area (Å²) >= 11 is 1.76. The van der Waals surface area contributed by atoms with Gasteiger partial charge in [0, 0.05) is 17.0 Å². The minimum absolute atomic E-state index is 0.129. The van der Waals surface area contributed by atoms with Crippen molar-refractivity contribution in [3.63, 3.8) is 0 Å². The summed E-state index contributed by atoms with van der Waals surface area (Å²) in [7, 11) is 0. The van der Waals surface area contributed by atoms with Crippen molar-refractivity contribution in [3.05, 3.63) is 22.4 Å². The van der Waals surface area contributed by atoms with Crippen molar-refractivity contribution in [2.75, 3.05) is 6.61 Å². The van der Waals surface area contributed by atoms with Crippen LogP contribution < -0.4 is 5.32 Å². The number of nitrogens with one attached hydrogen (secondary N) is 1. The molecule has 0 fully saturated rings. The molecule has 0 radical (unpaired) electrons. The molecule has 3 heteroatoms. The summed E-state index contributed by atoms with van der Waals surface area (Å²) in [5.74, 6) is 0. The molecule has 0 aliphatic rings. The van der Waals surface area contributed by atoms with Crippen LogP contribution in [0.5, 0.6) is 0 Å². The van der Waals surface area contributed by atoms with Crippen LogP contribution in [0.1, 0.15) is 57.2 Å². The maximum absolute atomic E-state index is 9.56. The Morgan fingerprint density at radius 2 is 2.06 bits per heavy atom. The highest BCUT2D eigenvalue weighted by atomic mass is 32.1. The topological polar surface area (TPSA) is 32.3 Å². The van der Waals surface area contributed by atoms with Crippen LogP contribution in [-0.4, -0.2) is 17.3 Å². The molecule has 0 bridgehead atoms. The molecular weight excluding hydrogens is 242 g/mol. The van der Waals surface area contributed by atoms with Crippen LogP contribution in [-0.2, 0) is 6.54 Å². The van der Waals surface area contributed by atoms with Crippen molar-refractivity contribution < 1.29 is 5.11 Å². The van der Waals surface area contributed by atoms with Gasteiger partial charge in [0.05, 0.1) is 6.61 Å². The molecule has 1 atom stereocenters. The van der Waals surface area contributed by atoms with E-state index in [1.807, 2.05) is 0 Å². The third-order valence-electron chi connectivity index (χ3n) is 3.45. The Bertz CT molecular complexity index is 299. The summed E-state index contributed by atoms with van der Waals surface area (Å²) in [4.78, 5) is 1.33. The van der Waals surface area contributed by atoms with Crippen molar-refractivity contribution in [2.45, 2.75) is 64.5 Å². The van der Waals surface area contributed by atoms with Crippen molar-refractivity contribution in [1.29, 1.82) is 0 Å². The first kappa shape index (κ1) is 15.7. The summed E-state index contributed by atoms with van der Waals surface area (Å²) in [6.07, 6.45) is 7.48. The van der Waals surface area contributed by atoms with E-state index < -0.39 is 0 Å². The van der Waals surface area contributed by atoms with Gasteiger partial charge in [-0.3, -0.25) is 0 Å². The Morgan fingerprint density at radius 1 is 1.28 bits per heavy atom. The van der Waals surface area contributed by atoms with Gasteiger partial charge in [-0.15, -0.1) is 11.3 Å². The number of hydrogen-bond acceptors (Lipinski definition) is 3. The van der Waals surface area contributed by atoms with Crippen molar-refractivity contribution in [1.82, 2.24) is 5.32 Å². The van der Waals surface area contributed by atoms with E-state index in [0.717, 1.165) is 13.0 Å². The SMILES string of the molecule is CCCCCCCC(C)(CO)NCc1cccs1. The lowest BCUT2D eigenvalue weighted by Crippen LogP contribution is -2.45. The van der Waals surface area contributed by atoms with E-state index in [1.54, 1.807) is 11.3 Å². The van der Waals surface area contributed by atoms with Crippen molar-refractivity contribution in [3.8, 4) is 0 Å². The number of hydrogen-bond donors (Lipinski definition) is 2. The molecule has 0 saturated carbocycles. The highest BCUT2D eigenvalue weighted by molar-refractivity contribution is 7.09. The quantitative estimate of drug-likeness (QED) is 0.630. The lowest BCUT2D eigenvalue weighted by Gasteiger charge is -2.28. The lowest BCUT2D eigenvalue weighted by molar-refractivity contribution is 0.161. The first-order valence-electron chi connectivity index (χ1n) is 7.08. The van der Waals surface area contributed by atoms with Crippen LogP contribution in [0.15, 0.2) is 17.5 Å². The summed E-state index contributed by atoms with van der Waals surface area (Å²) < 4.78 is 0. The van der Waals surface area contributed by atoms with E-state index in [-0.39, 0.29) is 12.1 Å². The van der Waals surface area contributed by atoms with Crippen LogP contribution in [0.2, 0.25) is 0 Å². The fourth-order valence-corrected chi connectivity index (χ4v) is 2.70. The third kappa shape index (κ3) is 5.98. The first-order chi connectivity index (χ1) is 8.70. The lowest BCUT2D eigenvalue weighted by atomic mass is 9.94. The van der Waals surface area contributed by atoms with Gasteiger partial charge in [-0.25, -0.2) is 0 Å². The summed E-state index contributed by atoms with van der Waals surface area (Å²) in [5.41, 5.74) is -0.129. The monoisotopic (exact) mass is 269 g/mol. The van der Waals surface area contributed by atoms with Gasteiger partial charge in [0.1, 0.15) is 0 Å². The molecule has 0 spiro atoms. The Balaban J connectivity index is 2.23. The van der Waals surface area contributed by atoms with Crippen LogP contribution in [0.4, 0.5) is 0 Å². The second-order valence-corrected chi connectivity index (χ2v) is 6.35. The molecule has 18 heavy (non-hydrogen) atoms. The zero-order chi connectivity index (χ0) is 13.3. The summed E-state index contributed by atoms with van der Waals surface area (Å²) in [5, 5.41) is 15.2. The Labute approximate surface area is 115 Å². The Hall–Kier alpha value is -0.380. The predicted octanol–water partition coefficient (Wildman–Crippen LogP) is 3.95. The minimum Gasteiger partial charge on any atom is -0.394 e. The fraction of sp³-hybridized carbons (Fsp3) is 0.733. The molecule has 1 heterocycles. The second-order valence-electron chi connectivity index (χ2n) is 5.32. The zero-order valence-corrected chi connectivity index (χ0v) is 12.6. The van der Waals surface area contributed by atoms with E-state index in [2.05, 4.69) is 36.7 Å². The summed E-state index contributed by atoms with van der Waals surface area (Å²) in [6.45, 7) is 5.44. The maximum atomic E-state index is 9.56. The average Bonchev–Trinajstić information content (AvgIpc) is 2.89. The second kappa shape index (κ2) is 8.68. The van der Waals surface area contributed by atoms with Gasteiger partial charge in [-0.2, -0.15) is 0 Å². The van der Waals surface area contributed by atoms with Gasteiger partial charge in [-0.1, -0.05) is 45.1 Å². The molecule has 1 unspecified atom stereocenters. The maximum Gasteiger partial charge on any atom is 0.0610 e. The Kier molecular flexibility index (Phi) is 7.56. The van der Waals surface area contributed by atoms with Crippen LogP contribution in [0.25, 0.3) is 0 Å². The number of aliphatic hydroxyl groups excluding tert-OH is 1.